The first kappa shape index (κ1) is 14.3. The van der Waals surface area contributed by atoms with Crippen LogP contribution < -0.4 is 10.1 Å². The van der Waals surface area contributed by atoms with Gasteiger partial charge in [0, 0.05) is 11.1 Å². The molecule has 1 aromatic rings. The van der Waals surface area contributed by atoms with Gasteiger partial charge in [0.2, 0.25) is 5.79 Å². The summed E-state index contributed by atoms with van der Waals surface area (Å²) in [6.07, 6.45) is 0. The van der Waals surface area contributed by atoms with Crippen LogP contribution in [0.3, 0.4) is 0 Å². The molecule has 1 aromatic carbocycles. The van der Waals surface area contributed by atoms with Gasteiger partial charge in [-0.1, -0.05) is 0 Å². The number of morpholine rings is 1. The third-order valence-corrected chi connectivity index (χ3v) is 3.66. The second kappa shape index (κ2) is 4.78. The Balaban J connectivity index is 2.32. The predicted molar refractivity (Wildman–Crippen MR) is 74.3 cm³/mol. The van der Waals surface area contributed by atoms with Gasteiger partial charge in [0.25, 0.3) is 0 Å². The monoisotopic (exact) mass is 265 g/mol. The molecule has 106 valence electrons. The zero-order valence-corrected chi connectivity index (χ0v) is 12.3. The Morgan fingerprint density at radius 2 is 2.11 bits per heavy atom. The lowest BCUT2D eigenvalue weighted by atomic mass is 9.92. The Kier molecular flexibility index (Phi) is 3.60. The highest BCUT2D eigenvalue weighted by Crippen LogP contribution is 2.34. The van der Waals surface area contributed by atoms with Crippen LogP contribution in [-0.2, 0) is 10.5 Å². The van der Waals surface area contributed by atoms with Crippen LogP contribution in [0.25, 0.3) is 0 Å². The van der Waals surface area contributed by atoms with Gasteiger partial charge in [-0.05, 0) is 51.5 Å². The Hall–Kier alpha value is -1.10. The SMILES string of the molecule is COc1ccc(C2(O)OCC(C)(C)NC2C)cc1C. The maximum Gasteiger partial charge on any atom is 0.208 e. The van der Waals surface area contributed by atoms with Crippen molar-refractivity contribution in [2.45, 2.75) is 45.1 Å². The second-order valence-electron chi connectivity index (χ2n) is 5.92. The van der Waals surface area contributed by atoms with E-state index in [1.807, 2.05) is 32.0 Å². The van der Waals surface area contributed by atoms with Crippen molar-refractivity contribution in [3.05, 3.63) is 29.3 Å². The van der Waals surface area contributed by atoms with Gasteiger partial charge in [-0.3, -0.25) is 0 Å². The Morgan fingerprint density at radius 1 is 1.42 bits per heavy atom. The average molecular weight is 265 g/mol. The van der Waals surface area contributed by atoms with Crippen LogP contribution in [0.4, 0.5) is 0 Å². The van der Waals surface area contributed by atoms with Crippen molar-refractivity contribution in [2.75, 3.05) is 13.7 Å². The van der Waals surface area contributed by atoms with Crippen LogP contribution in [0.5, 0.6) is 5.75 Å². The number of methoxy groups -OCH3 is 1. The van der Waals surface area contributed by atoms with Crippen molar-refractivity contribution in [3.8, 4) is 5.75 Å². The Bertz CT molecular complexity index is 472. The van der Waals surface area contributed by atoms with E-state index in [0.29, 0.717) is 6.61 Å². The molecule has 4 heteroatoms. The summed E-state index contributed by atoms with van der Waals surface area (Å²) in [5.74, 6) is -0.490. The molecule has 2 N–H and O–H groups in total. The number of nitrogens with one attached hydrogen (secondary N) is 1. The molecule has 0 aliphatic carbocycles. The normalized spacial score (nSPS) is 30.1. The number of rotatable bonds is 2. The molecule has 1 aliphatic rings. The third-order valence-electron chi connectivity index (χ3n) is 3.66. The topological polar surface area (TPSA) is 50.7 Å². The standard InChI is InChI=1S/C15H23NO3/c1-10-8-12(6-7-13(10)18-5)15(17)11(2)16-14(3,4)9-19-15/h6-8,11,16-17H,9H2,1-5H3. The molecule has 0 amide bonds. The lowest BCUT2D eigenvalue weighted by Crippen LogP contribution is -2.63. The van der Waals surface area contributed by atoms with E-state index < -0.39 is 5.79 Å². The molecular formula is C15H23NO3. The van der Waals surface area contributed by atoms with Crippen molar-refractivity contribution in [3.63, 3.8) is 0 Å². The van der Waals surface area contributed by atoms with E-state index in [4.69, 9.17) is 9.47 Å². The van der Waals surface area contributed by atoms with E-state index in [1.54, 1.807) is 7.11 Å². The minimum absolute atomic E-state index is 0.132. The van der Waals surface area contributed by atoms with E-state index >= 15 is 0 Å². The largest absolute Gasteiger partial charge is 0.496 e. The van der Waals surface area contributed by atoms with Crippen molar-refractivity contribution in [2.24, 2.45) is 0 Å². The molecule has 0 radical (unpaired) electrons. The van der Waals surface area contributed by atoms with Gasteiger partial charge in [0.05, 0.1) is 19.8 Å². The summed E-state index contributed by atoms with van der Waals surface area (Å²) in [6.45, 7) is 8.46. The van der Waals surface area contributed by atoms with Crippen molar-refractivity contribution >= 4 is 0 Å². The smallest absolute Gasteiger partial charge is 0.208 e. The first-order chi connectivity index (χ1) is 8.78. The molecule has 1 fully saturated rings. The zero-order chi connectivity index (χ0) is 14.3. The maximum absolute atomic E-state index is 10.8. The van der Waals surface area contributed by atoms with Gasteiger partial charge < -0.3 is 19.9 Å². The highest BCUT2D eigenvalue weighted by Gasteiger charge is 2.44. The quantitative estimate of drug-likeness (QED) is 0.858. The van der Waals surface area contributed by atoms with E-state index in [1.165, 1.54) is 0 Å². The summed E-state index contributed by atoms with van der Waals surface area (Å²) in [7, 11) is 1.64. The summed E-state index contributed by atoms with van der Waals surface area (Å²) >= 11 is 0. The fourth-order valence-corrected chi connectivity index (χ4v) is 2.58. The van der Waals surface area contributed by atoms with Crippen molar-refractivity contribution < 1.29 is 14.6 Å². The number of aliphatic hydroxyl groups is 1. The lowest BCUT2D eigenvalue weighted by molar-refractivity contribution is -0.263. The van der Waals surface area contributed by atoms with Gasteiger partial charge >= 0.3 is 0 Å². The molecule has 1 aliphatic heterocycles. The van der Waals surface area contributed by atoms with E-state index in [2.05, 4.69) is 19.2 Å². The van der Waals surface area contributed by atoms with Gasteiger partial charge in [-0.25, -0.2) is 0 Å². The molecule has 2 unspecified atom stereocenters. The molecule has 2 rings (SSSR count). The van der Waals surface area contributed by atoms with Crippen LogP contribution in [-0.4, -0.2) is 30.4 Å². The van der Waals surface area contributed by atoms with Crippen LogP contribution in [0.15, 0.2) is 18.2 Å². The van der Waals surface area contributed by atoms with Crippen LogP contribution in [0.1, 0.15) is 31.9 Å². The summed E-state index contributed by atoms with van der Waals surface area (Å²) < 4.78 is 11.0. The van der Waals surface area contributed by atoms with Gasteiger partial charge in [0.15, 0.2) is 0 Å². The highest BCUT2D eigenvalue weighted by molar-refractivity contribution is 5.38. The number of hydrogen-bond donors (Lipinski definition) is 2. The average Bonchev–Trinajstić information content (AvgIpc) is 2.34. The van der Waals surface area contributed by atoms with Gasteiger partial charge in [-0.2, -0.15) is 0 Å². The van der Waals surface area contributed by atoms with Gasteiger partial charge in [-0.15, -0.1) is 0 Å². The fourth-order valence-electron chi connectivity index (χ4n) is 2.58. The first-order valence-electron chi connectivity index (χ1n) is 6.58. The Morgan fingerprint density at radius 3 is 2.63 bits per heavy atom. The molecule has 19 heavy (non-hydrogen) atoms. The minimum atomic E-state index is -1.30. The van der Waals surface area contributed by atoms with E-state index in [-0.39, 0.29) is 11.6 Å². The molecule has 4 nitrogen and oxygen atoms in total. The number of aryl methyl sites for hydroxylation is 1. The van der Waals surface area contributed by atoms with Crippen molar-refractivity contribution in [1.82, 2.24) is 5.32 Å². The van der Waals surface area contributed by atoms with Gasteiger partial charge in [0.1, 0.15) is 5.75 Å². The minimum Gasteiger partial charge on any atom is -0.496 e. The zero-order valence-electron chi connectivity index (χ0n) is 12.3. The van der Waals surface area contributed by atoms with Crippen LogP contribution in [0.2, 0.25) is 0 Å². The second-order valence-corrected chi connectivity index (χ2v) is 5.92. The number of ether oxygens (including phenoxy) is 2. The molecule has 0 aromatic heterocycles. The lowest BCUT2D eigenvalue weighted by Gasteiger charge is -2.46. The molecular weight excluding hydrogens is 242 g/mol. The third kappa shape index (κ3) is 2.61. The fraction of sp³-hybridized carbons (Fsp3) is 0.600. The summed E-state index contributed by atoms with van der Waals surface area (Å²) in [5.41, 5.74) is 1.60. The molecule has 0 spiro atoms. The number of hydrogen-bond acceptors (Lipinski definition) is 4. The Labute approximate surface area is 114 Å². The van der Waals surface area contributed by atoms with Crippen molar-refractivity contribution in [1.29, 1.82) is 0 Å². The molecule has 2 atom stereocenters. The summed E-state index contributed by atoms with van der Waals surface area (Å²) in [4.78, 5) is 0. The first-order valence-corrected chi connectivity index (χ1v) is 6.58. The highest BCUT2D eigenvalue weighted by atomic mass is 16.6. The van der Waals surface area contributed by atoms with Crippen LogP contribution in [0, 0.1) is 6.92 Å². The summed E-state index contributed by atoms with van der Waals surface area (Å²) in [5, 5.41) is 14.2. The van der Waals surface area contributed by atoms with Crippen LogP contribution >= 0.6 is 0 Å². The predicted octanol–water partition coefficient (Wildman–Crippen LogP) is 1.94. The maximum atomic E-state index is 10.8. The summed E-state index contributed by atoms with van der Waals surface area (Å²) in [6, 6.07) is 5.43. The molecule has 0 bridgehead atoms. The van der Waals surface area contributed by atoms with E-state index in [0.717, 1.165) is 16.9 Å². The van der Waals surface area contributed by atoms with E-state index in [9.17, 15) is 5.11 Å². The molecule has 1 heterocycles. The molecule has 0 saturated carbocycles. The number of benzene rings is 1. The molecule has 1 saturated heterocycles.